The van der Waals surface area contributed by atoms with Crippen LogP contribution in [0.2, 0.25) is 0 Å². The molecule has 1 aromatic rings. The number of hydrogen-bond acceptors (Lipinski definition) is 5. The van der Waals surface area contributed by atoms with E-state index in [0.717, 1.165) is 56.8 Å². The van der Waals surface area contributed by atoms with Crippen molar-refractivity contribution >= 4 is 30.1 Å². The molecule has 0 saturated carbocycles. The monoisotopic (exact) mass is 380 g/mol. The zero-order chi connectivity index (χ0) is 18.6. The molecule has 6 nitrogen and oxygen atoms in total. The third kappa shape index (κ3) is 8.10. The summed E-state index contributed by atoms with van der Waals surface area (Å²) in [5.74, 6) is 0.970. The highest BCUT2D eigenvalue weighted by atomic mass is 32.1. The molecule has 0 aliphatic carbocycles. The Bertz CT molecular complexity index is 559. The zero-order valence-electron chi connectivity index (χ0n) is 15.0. The van der Waals surface area contributed by atoms with E-state index in [4.69, 9.17) is 9.47 Å². The number of nitrogens with one attached hydrogen (secondary N) is 2. The van der Waals surface area contributed by atoms with Crippen molar-refractivity contribution in [1.29, 1.82) is 0 Å². The van der Waals surface area contributed by atoms with Crippen LogP contribution in [0.1, 0.15) is 38.5 Å². The highest BCUT2D eigenvalue weighted by Gasteiger charge is 2.15. The molecule has 0 atom stereocenters. The van der Waals surface area contributed by atoms with E-state index in [1.54, 1.807) is 0 Å². The quantitative estimate of drug-likeness (QED) is 0.431. The van der Waals surface area contributed by atoms with Crippen LogP contribution in [-0.2, 0) is 14.3 Å². The van der Waals surface area contributed by atoms with Crippen LogP contribution in [-0.4, -0.2) is 43.4 Å². The molecule has 1 fully saturated rings. The summed E-state index contributed by atoms with van der Waals surface area (Å²) in [7, 11) is 0. The van der Waals surface area contributed by atoms with Crippen molar-refractivity contribution in [2.45, 2.75) is 44.6 Å². The molecule has 2 rings (SSSR count). The summed E-state index contributed by atoms with van der Waals surface area (Å²) in [6, 6.07) is 7.49. The maximum Gasteiger partial charge on any atom is 0.229 e. The molecule has 26 heavy (non-hydrogen) atoms. The van der Waals surface area contributed by atoms with Gasteiger partial charge in [0.2, 0.25) is 11.8 Å². The Hall–Kier alpha value is -1.73. The summed E-state index contributed by atoms with van der Waals surface area (Å²) in [4.78, 5) is 23.0. The van der Waals surface area contributed by atoms with E-state index < -0.39 is 0 Å². The molecule has 0 bridgehead atoms. The summed E-state index contributed by atoms with van der Waals surface area (Å²) in [6.07, 6.45) is 5.08. The average molecular weight is 381 g/mol. The molecule has 1 aromatic carbocycles. The number of hydrogen-bond donors (Lipinski definition) is 3. The van der Waals surface area contributed by atoms with Gasteiger partial charge in [-0.15, -0.1) is 0 Å². The van der Waals surface area contributed by atoms with Gasteiger partial charge in [0, 0.05) is 31.5 Å². The van der Waals surface area contributed by atoms with Crippen molar-refractivity contribution in [3.05, 3.63) is 24.3 Å². The van der Waals surface area contributed by atoms with E-state index >= 15 is 0 Å². The molecule has 2 N–H and O–H groups in total. The summed E-state index contributed by atoms with van der Waals surface area (Å²) in [5, 5.41) is 5.66. The number of thiol groups is 1. The third-order valence-electron chi connectivity index (χ3n) is 4.16. The van der Waals surface area contributed by atoms with Crippen LogP contribution < -0.4 is 15.4 Å². The Morgan fingerprint density at radius 2 is 1.81 bits per heavy atom. The third-order valence-corrected chi connectivity index (χ3v) is 4.44. The first kappa shape index (κ1) is 20.6. The summed E-state index contributed by atoms with van der Waals surface area (Å²) < 4.78 is 11.2. The van der Waals surface area contributed by atoms with Gasteiger partial charge in [-0.1, -0.05) is 6.42 Å². The predicted octanol–water partition coefficient (Wildman–Crippen LogP) is 2.79. The van der Waals surface area contributed by atoms with Crippen LogP contribution in [0.25, 0.3) is 0 Å². The van der Waals surface area contributed by atoms with Gasteiger partial charge < -0.3 is 20.1 Å². The lowest BCUT2D eigenvalue weighted by Gasteiger charge is -2.23. The van der Waals surface area contributed by atoms with Crippen LogP contribution >= 0.6 is 12.6 Å². The summed E-state index contributed by atoms with van der Waals surface area (Å²) >= 11 is 3.89. The van der Waals surface area contributed by atoms with Gasteiger partial charge in [-0.2, -0.15) is 12.6 Å². The molecule has 1 saturated heterocycles. The maximum atomic E-state index is 12.0. The van der Waals surface area contributed by atoms with Crippen LogP contribution in [0.4, 0.5) is 5.69 Å². The van der Waals surface area contributed by atoms with Crippen molar-refractivity contribution in [3.8, 4) is 5.75 Å². The molecule has 1 heterocycles. The standard InChI is InChI=1S/C19H28N2O4S/c22-18(4-2-1-3-11-20-19(23)14-26)21-15-5-7-16(8-6-15)25-17-9-12-24-13-10-17/h5-8,17,26H,1-4,9-14H2,(H,20,23)(H,21,22). The smallest absolute Gasteiger partial charge is 0.229 e. The molecule has 0 radical (unpaired) electrons. The van der Waals surface area contributed by atoms with E-state index in [2.05, 4.69) is 23.3 Å². The molecular formula is C19H28N2O4S. The first-order valence-corrected chi connectivity index (χ1v) is 9.82. The Morgan fingerprint density at radius 3 is 2.50 bits per heavy atom. The maximum absolute atomic E-state index is 12.0. The Balaban J connectivity index is 1.60. The van der Waals surface area contributed by atoms with Gasteiger partial charge in [0.1, 0.15) is 11.9 Å². The van der Waals surface area contributed by atoms with Gasteiger partial charge in [-0.05, 0) is 37.1 Å². The minimum Gasteiger partial charge on any atom is -0.490 e. The molecule has 1 aliphatic heterocycles. The van der Waals surface area contributed by atoms with E-state index in [1.807, 2.05) is 24.3 Å². The van der Waals surface area contributed by atoms with Gasteiger partial charge in [-0.3, -0.25) is 9.59 Å². The molecule has 2 amide bonds. The van der Waals surface area contributed by atoms with Gasteiger partial charge >= 0.3 is 0 Å². The molecule has 1 aliphatic rings. The number of amides is 2. The van der Waals surface area contributed by atoms with Crippen LogP contribution in [0.5, 0.6) is 5.75 Å². The number of rotatable bonds is 10. The Kier molecular flexibility index (Phi) is 9.34. The van der Waals surface area contributed by atoms with Gasteiger partial charge in [0.15, 0.2) is 0 Å². The highest BCUT2D eigenvalue weighted by molar-refractivity contribution is 7.81. The molecule has 0 aromatic heterocycles. The number of unbranched alkanes of at least 4 members (excludes halogenated alkanes) is 2. The lowest BCUT2D eigenvalue weighted by Crippen LogP contribution is -2.25. The van der Waals surface area contributed by atoms with Crippen molar-refractivity contribution in [2.75, 3.05) is 30.8 Å². The van der Waals surface area contributed by atoms with Crippen LogP contribution in [0.3, 0.4) is 0 Å². The first-order chi connectivity index (χ1) is 12.7. The van der Waals surface area contributed by atoms with E-state index in [0.29, 0.717) is 13.0 Å². The summed E-state index contributed by atoms with van der Waals surface area (Å²) in [6.45, 7) is 2.14. The predicted molar refractivity (Wildman–Crippen MR) is 105 cm³/mol. The molecule has 144 valence electrons. The zero-order valence-corrected chi connectivity index (χ0v) is 15.9. The van der Waals surface area contributed by atoms with Crippen molar-refractivity contribution in [2.24, 2.45) is 0 Å². The minimum absolute atomic E-state index is 0.00231. The number of ether oxygens (including phenoxy) is 2. The largest absolute Gasteiger partial charge is 0.490 e. The SMILES string of the molecule is O=C(CS)NCCCCCC(=O)Nc1ccc(OC2CCOCC2)cc1. The van der Waals surface area contributed by atoms with E-state index in [9.17, 15) is 9.59 Å². The lowest BCUT2D eigenvalue weighted by molar-refractivity contribution is -0.118. The molecule has 7 heteroatoms. The Morgan fingerprint density at radius 1 is 1.08 bits per heavy atom. The highest BCUT2D eigenvalue weighted by Crippen LogP contribution is 2.20. The van der Waals surface area contributed by atoms with E-state index in [-0.39, 0.29) is 23.7 Å². The summed E-state index contributed by atoms with van der Waals surface area (Å²) in [5.41, 5.74) is 0.773. The van der Waals surface area contributed by atoms with Crippen molar-refractivity contribution < 1.29 is 19.1 Å². The first-order valence-electron chi connectivity index (χ1n) is 9.19. The van der Waals surface area contributed by atoms with Gasteiger partial charge in [0.25, 0.3) is 0 Å². The number of carbonyl (C=O) groups is 2. The average Bonchev–Trinajstić information content (AvgIpc) is 2.66. The minimum atomic E-state index is -0.0599. The van der Waals surface area contributed by atoms with E-state index in [1.165, 1.54) is 0 Å². The second kappa shape index (κ2) is 11.8. The second-order valence-corrected chi connectivity index (χ2v) is 6.64. The second-order valence-electron chi connectivity index (χ2n) is 6.32. The molecular weight excluding hydrogens is 352 g/mol. The lowest BCUT2D eigenvalue weighted by atomic mass is 10.1. The van der Waals surface area contributed by atoms with Crippen LogP contribution in [0, 0.1) is 0 Å². The Labute approximate surface area is 160 Å². The number of benzene rings is 1. The fraction of sp³-hybridized carbons (Fsp3) is 0.579. The van der Waals surface area contributed by atoms with Gasteiger partial charge in [-0.25, -0.2) is 0 Å². The van der Waals surface area contributed by atoms with Crippen molar-refractivity contribution in [1.82, 2.24) is 5.32 Å². The fourth-order valence-electron chi connectivity index (χ4n) is 2.70. The number of carbonyl (C=O) groups excluding carboxylic acids is 2. The molecule has 0 spiro atoms. The normalized spacial score (nSPS) is 14.7. The van der Waals surface area contributed by atoms with Crippen LogP contribution in [0.15, 0.2) is 24.3 Å². The molecule has 0 unspecified atom stereocenters. The topological polar surface area (TPSA) is 76.7 Å². The number of anilines is 1. The van der Waals surface area contributed by atoms with Crippen molar-refractivity contribution in [3.63, 3.8) is 0 Å². The van der Waals surface area contributed by atoms with Gasteiger partial charge in [0.05, 0.1) is 19.0 Å². The fourth-order valence-corrected chi connectivity index (χ4v) is 2.81.